The van der Waals surface area contributed by atoms with E-state index < -0.39 is 0 Å². The van der Waals surface area contributed by atoms with Crippen molar-refractivity contribution < 1.29 is 4.42 Å². The van der Waals surface area contributed by atoms with Crippen LogP contribution >= 0.6 is 27.3 Å². The third-order valence-electron chi connectivity index (χ3n) is 2.07. The van der Waals surface area contributed by atoms with Crippen LogP contribution in [0.25, 0.3) is 10.8 Å². The fraction of sp³-hybridized carbons (Fsp3) is 0.364. The van der Waals surface area contributed by atoms with Crippen LogP contribution in [-0.2, 0) is 6.54 Å². The Balaban J connectivity index is 2.02. The largest absolute Gasteiger partial charge is 0.447 e. The Kier molecular flexibility index (Phi) is 4.15. The molecule has 2 aromatic rings. The summed E-state index contributed by atoms with van der Waals surface area (Å²) in [5.41, 5.74) is 1.07. The zero-order chi connectivity index (χ0) is 11.4. The minimum Gasteiger partial charge on any atom is -0.447 e. The number of nitrogens with zero attached hydrogens (tertiary/aromatic N) is 1. The summed E-state index contributed by atoms with van der Waals surface area (Å²) in [7, 11) is 0. The molecule has 0 bridgehead atoms. The molecule has 0 amide bonds. The van der Waals surface area contributed by atoms with Crippen molar-refractivity contribution >= 4 is 27.3 Å². The van der Waals surface area contributed by atoms with E-state index in [-0.39, 0.29) is 0 Å². The molecule has 0 aliphatic rings. The molecule has 86 valence electrons. The van der Waals surface area contributed by atoms with E-state index in [2.05, 4.69) is 38.5 Å². The van der Waals surface area contributed by atoms with Gasteiger partial charge in [0.2, 0.25) is 0 Å². The monoisotopic (exact) mass is 300 g/mol. The van der Waals surface area contributed by atoms with Crippen molar-refractivity contribution in [2.45, 2.75) is 19.9 Å². The summed E-state index contributed by atoms with van der Waals surface area (Å²) in [6.45, 7) is 4.01. The predicted octanol–water partition coefficient (Wildman–Crippen LogP) is 3.67. The second-order valence-electron chi connectivity index (χ2n) is 3.42. The van der Waals surface area contributed by atoms with Crippen LogP contribution in [0.15, 0.2) is 26.6 Å². The third-order valence-corrected chi connectivity index (χ3v) is 3.40. The van der Waals surface area contributed by atoms with Crippen molar-refractivity contribution in [2.75, 3.05) is 6.54 Å². The van der Waals surface area contributed by atoms with Gasteiger partial charge in [0.1, 0.15) is 0 Å². The van der Waals surface area contributed by atoms with Crippen LogP contribution in [0.5, 0.6) is 0 Å². The highest BCUT2D eigenvalue weighted by molar-refractivity contribution is 9.10. The van der Waals surface area contributed by atoms with Gasteiger partial charge in [-0.3, -0.25) is 0 Å². The summed E-state index contributed by atoms with van der Waals surface area (Å²) < 4.78 is 6.19. The lowest BCUT2D eigenvalue weighted by Crippen LogP contribution is -2.13. The number of hydrogen-bond donors (Lipinski definition) is 1. The van der Waals surface area contributed by atoms with Crippen LogP contribution in [0, 0.1) is 0 Å². The maximum Gasteiger partial charge on any atom is 0.170 e. The van der Waals surface area contributed by atoms with Crippen LogP contribution in [0.4, 0.5) is 0 Å². The van der Waals surface area contributed by atoms with Gasteiger partial charge < -0.3 is 9.73 Å². The summed E-state index contributed by atoms with van der Waals surface area (Å²) in [4.78, 5) is 4.51. The van der Waals surface area contributed by atoms with E-state index in [0.29, 0.717) is 0 Å². The molecule has 0 atom stereocenters. The van der Waals surface area contributed by atoms with Gasteiger partial charge in [-0.15, -0.1) is 11.3 Å². The number of rotatable bonds is 5. The number of furan rings is 1. The molecule has 0 fully saturated rings. The van der Waals surface area contributed by atoms with Crippen molar-refractivity contribution in [2.24, 2.45) is 0 Å². The highest BCUT2D eigenvalue weighted by Gasteiger charge is 2.08. The molecule has 2 aromatic heterocycles. The van der Waals surface area contributed by atoms with Crippen LogP contribution in [-0.4, -0.2) is 11.5 Å². The second kappa shape index (κ2) is 5.61. The Labute approximate surface area is 107 Å². The lowest BCUT2D eigenvalue weighted by molar-refractivity contribution is 0.555. The first kappa shape index (κ1) is 11.8. The molecular formula is C11H13BrN2OS. The zero-order valence-electron chi connectivity index (χ0n) is 9.00. The molecule has 0 aliphatic carbocycles. The van der Waals surface area contributed by atoms with Gasteiger partial charge in [-0.05, 0) is 41.0 Å². The van der Waals surface area contributed by atoms with Gasteiger partial charge in [0.15, 0.2) is 15.4 Å². The zero-order valence-corrected chi connectivity index (χ0v) is 11.4. The SMILES string of the molecule is CCCNCc1csc(-c2ccc(Br)o2)n1. The van der Waals surface area contributed by atoms with E-state index in [0.717, 1.165) is 40.6 Å². The lowest BCUT2D eigenvalue weighted by atomic mass is 10.4. The molecule has 0 aromatic carbocycles. The Morgan fingerprint density at radius 3 is 3.06 bits per heavy atom. The molecule has 0 radical (unpaired) electrons. The quantitative estimate of drug-likeness (QED) is 0.856. The summed E-state index contributed by atoms with van der Waals surface area (Å²) >= 11 is 4.89. The predicted molar refractivity (Wildman–Crippen MR) is 69.5 cm³/mol. The van der Waals surface area contributed by atoms with Crippen LogP contribution in [0.3, 0.4) is 0 Å². The minimum absolute atomic E-state index is 0.739. The molecular weight excluding hydrogens is 288 g/mol. The molecule has 0 saturated heterocycles. The van der Waals surface area contributed by atoms with Gasteiger partial charge in [-0.2, -0.15) is 0 Å². The maximum atomic E-state index is 5.45. The van der Waals surface area contributed by atoms with Crippen LogP contribution in [0.1, 0.15) is 19.0 Å². The molecule has 3 nitrogen and oxygen atoms in total. The number of thiazole rings is 1. The van der Waals surface area contributed by atoms with Crippen LogP contribution in [0.2, 0.25) is 0 Å². The summed E-state index contributed by atoms with van der Waals surface area (Å²) in [6.07, 6.45) is 1.14. The summed E-state index contributed by atoms with van der Waals surface area (Å²) in [5, 5.41) is 6.32. The Hall–Kier alpha value is -0.650. The van der Waals surface area contributed by atoms with Crippen molar-refractivity contribution in [1.29, 1.82) is 0 Å². The van der Waals surface area contributed by atoms with Gasteiger partial charge in [0, 0.05) is 11.9 Å². The molecule has 16 heavy (non-hydrogen) atoms. The molecule has 2 rings (SSSR count). The van der Waals surface area contributed by atoms with Gasteiger partial charge in [0.25, 0.3) is 0 Å². The normalized spacial score (nSPS) is 10.9. The van der Waals surface area contributed by atoms with E-state index in [9.17, 15) is 0 Å². The highest BCUT2D eigenvalue weighted by Crippen LogP contribution is 2.27. The number of nitrogens with one attached hydrogen (secondary N) is 1. The van der Waals surface area contributed by atoms with E-state index >= 15 is 0 Å². The van der Waals surface area contributed by atoms with Crippen molar-refractivity contribution in [3.63, 3.8) is 0 Å². The Bertz CT molecular complexity index is 452. The molecule has 0 saturated carbocycles. The summed E-state index contributed by atoms with van der Waals surface area (Å²) in [6, 6.07) is 3.80. The lowest BCUT2D eigenvalue weighted by Gasteiger charge is -1.97. The van der Waals surface area contributed by atoms with Crippen molar-refractivity contribution in [3.05, 3.63) is 27.9 Å². The first-order valence-corrected chi connectivity index (χ1v) is 6.87. The number of hydrogen-bond acceptors (Lipinski definition) is 4. The fourth-order valence-corrected chi connectivity index (χ4v) is 2.41. The second-order valence-corrected chi connectivity index (χ2v) is 5.06. The molecule has 0 aliphatic heterocycles. The van der Waals surface area contributed by atoms with E-state index in [1.54, 1.807) is 11.3 Å². The van der Waals surface area contributed by atoms with E-state index in [4.69, 9.17) is 4.42 Å². The summed E-state index contributed by atoms with van der Waals surface area (Å²) in [5.74, 6) is 0.818. The molecule has 0 unspecified atom stereocenters. The number of aromatic nitrogens is 1. The maximum absolute atomic E-state index is 5.45. The average Bonchev–Trinajstić information content (AvgIpc) is 2.87. The van der Waals surface area contributed by atoms with E-state index in [1.165, 1.54) is 0 Å². The molecule has 5 heteroatoms. The Morgan fingerprint density at radius 1 is 1.50 bits per heavy atom. The fourth-order valence-electron chi connectivity index (χ4n) is 1.32. The van der Waals surface area contributed by atoms with Crippen molar-refractivity contribution in [1.82, 2.24) is 10.3 Å². The molecule has 0 spiro atoms. The van der Waals surface area contributed by atoms with Crippen LogP contribution < -0.4 is 5.32 Å². The molecule has 1 N–H and O–H groups in total. The third kappa shape index (κ3) is 2.93. The first-order valence-electron chi connectivity index (χ1n) is 5.20. The van der Waals surface area contributed by atoms with Gasteiger partial charge in [-0.25, -0.2) is 4.98 Å². The van der Waals surface area contributed by atoms with Crippen molar-refractivity contribution in [3.8, 4) is 10.8 Å². The van der Waals surface area contributed by atoms with Gasteiger partial charge in [-0.1, -0.05) is 6.92 Å². The molecule has 2 heterocycles. The highest BCUT2D eigenvalue weighted by atomic mass is 79.9. The topological polar surface area (TPSA) is 38.1 Å². The average molecular weight is 301 g/mol. The Morgan fingerprint density at radius 2 is 2.38 bits per heavy atom. The number of halogens is 1. The van der Waals surface area contributed by atoms with E-state index in [1.807, 2.05) is 12.1 Å². The van der Waals surface area contributed by atoms with Gasteiger partial charge >= 0.3 is 0 Å². The minimum atomic E-state index is 0.739. The first-order chi connectivity index (χ1) is 7.79. The van der Waals surface area contributed by atoms with Gasteiger partial charge in [0.05, 0.1) is 5.69 Å². The smallest absolute Gasteiger partial charge is 0.170 e. The standard InChI is InChI=1S/C11H13BrN2OS/c1-2-5-13-6-8-7-16-11(14-8)9-3-4-10(12)15-9/h3-4,7,13H,2,5-6H2,1H3.